The van der Waals surface area contributed by atoms with E-state index in [-0.39, 0.29) is 17.4 Å². The predicted octanol–water partition coefficient (Wildman–Crippen LogP) is 6.49. The molecule has 48 heavy (non-hydrogen) atoms. The fraction of sp³-hybridized carbons (Fsp3) is 0.265. The number of hydrogen-bond donors (Lipinski definition) is 3. The molecule has 0 saturated carbocycles. The molecule has 14 heteroatoms. The third-order valence-electron chi connectivity index (χ3n) is 7.65. The number of halogens is 2. The number of carbonyl (C=O) groups is 2. The van der Waals surface area contributed by atoms with Crippen LogP contribution in [-0.4, -0.2) is 55.6 Å². The lowest BCUT2D eigenvalue weighted by atomic mass is 10.0. The third-order valence-corrected chi connectivity index (χ3v) is 8.26. The molecule has 3 N–H and O–H groups in total. The van der Waals surface area contributed by atoms with Gasteiger partial charge in [-0.1, -0.05) is 12.1 Å². The number of sulfonamides is 1. The van der Waals surface area contributed by atoms with Crippen LogP contribution < -0.4 is 25.0 Å². The van der Waals surface area contributed by atoms with Gasteiger partial charge in [-0.3, -0.25) is 19.3 Å². The molecule has 4 aromatic rings. The van der Waals surface area contributed by atoms with E-state index >= 15 is 0 Å². The van der Waals surface area contributed by atoms with Gasteiger partial charge in [0.05, 0.1) is 11.9 Å². The number of pyridine rings is 1. The van der Waals surface area contributed by atoms with Crippen molar-refractivity contribution >= 4 is 44.7 Å². The zero-order valence-corrected chi connectivity index (χ0v) is 27.5. The number of anilines is 4. The van der Waals surface area contributed by atoms with Gasteiger partial charge in [0.15, 0.2) is 0 Å². The Labute approximate surface area is 278 Å². The summed E-state index contributed by atoms with van der Waals surface area (Å²) in [6.07, 6.45) is 4.05. The number of amides is 3. The molecule has 1 aliphatic rings. The molecular weight excluding hydrogens is 642 g/mol. The zero-order chi connectivity index (χ0) is 34.4. The Morgan fingerprint density at radius 2 is 1.73 bits per heavy atom. The number of likely N-dealkylation sites (tertiary alicyclic amines) is 1. The smallest absolute Gasteiger partial charge is 0.326 e. The lowest BCUT2D eigenvalue weighted by Crippen LogP contribution is -2.49. The van der Waals surface area contributed by atoms with Crippen LogP contribution in [0.15, 0.2) is 79.0 Å². The van der Waals surface area contributed by atoms with Crippen molar-refractivity contribution in [3.8, 4) is 11.6 Å². The van der Waals surface area contributed by atoms with Crippen molar-refractivity contribution in [3.63, 3.8) is 0 Å². The molecule has 1 saturated heterocycles. The number of urea groups is 1. The third kappa shape index (κ3) is 9.26. The maximum Gasteiger partial charge on any atom is 0.326 e. The normalized spacial score (nSPS) is 13.9. The standard InChI is InChI=1S/C34H36F2N6O5S/c1-22-17-27(40-48(3,45)46)9-11-32(22)47-33-12-7-24(20-37-33)21-41-15-13-28(14-16-41)42(29-6-4-5-25(35)18-29)34(44)39-26-8-10-30(36)31(19-26)38-23(2)43/h4-12,17-20,28,40H,13-16,21H2,1-3H3,(H,38,43)(H,39,44). The average Bonchev–Trinajstić information content (AvgIpc) is 3.01. The van der Waals surface area contributed by atoms with E-state index in [2.05, 4.69) is 25.2 Å². The van der Waals surface area contributed by atoms with E-state index in [1.807, 2.05) is 13.0 Å². The van der Waals surface area contributed by atoms with Crippen LogP contribution in [0.4, 0.5) is 36.3 Å². The molecule has 5 rings (SSSR count). The number of hydrogen-bond acceptors (Lipinski definition) is 7. The molecule has 0 aliphatic carbocycles. The van der Waals surface area contributed by atoms with Crippen LogP contribution in [0.1, 0.15) is 30.9 Å². The Morgan fingerprint density at radius 3 is 2.38 bits per heavy atom. The van der Waals surface area contributed by atoms with Gasteiger partial charge in [-0.05, 0) is 85.5 Å². The number of aromatic nitrogens is 1. The Kier molecular flexibility index (Phi) is 10.5. The monoisotopic (exact) mass is 678 g/mol. The number of nitrogens with zero attached hydrogens (tertiary/aromatic N) is 3. The molecule has 0 bridgehead atoms. The molecular formula is C34H36F2N6O5S. The number of carbonyl (C=O) groups excluding carboxylic acids is 2. The molecule has 3 amide bonds. The zero-order valence-electron chi connectivity index (χ0n) is 26.7. The van der Waals surface area contributed by atoms with Gasteiger partial charge in [0, 0.05) is 61.9 Å². The van der Waals surface area contributed by atoms with Gasteiger partial charge >= 0.3 is 6.03 Å². The van der Waals surface area contributed by atoms with Gasteiger partial charge in [0.2, 0.25) is 21.8 Å². The summed E-state index contributed by atoms with van der Waals surface area (Å²) in [6, 6.07) is 17.6. The Morgan fingerprint density at radius 1 is 0.979 bits per heavy atom. The highest BCUT2D eigenvalue weighted by Crippen LogP contribution is 2.29. The maximum atomic E-state index is 14.3. The number of piperidine rings is 1. The van der Waals surface area contributed by atoms with Crippen LogP contribution in [0.25, 0.3) is 0 Å². The largest absolute Gasteiger partial charge is 0.439 e. The highest BCUT2D eigenvalue weighted by molar-refractivity contribution is 7.92. The molecule has 0 unspecified atom stereocenters. The van der Waals surface area contributed by atoms with Crippen molar-refractivity contribution in [2.24, 2.45) is 0 Å². The van der Waals surface area contributed by atoms with Crippen molar-refractivity contribution in [1.82, 2.24) is 9.88 Å². The lowest BCUT2D eigenvalue weighted by molar-refractivity contribution is -0.114. The van der Waals surface area contributed by atoms with Crippen LogP contribution in [0.2, 0.25) is 0 Å². The minimum atomic E-state index is -3.39. The molecule has 1 aromatic heterocycles. The fourth-order valence-electron chi connectivity index (χ4n) is 5.50. The summed E-state index contributed by atoms with van der Waals surface area (Å²) in [5.74, 6) is -0.619. The van der Waals surface area contributed by atoms with Gasteiger partial charge in [0.1, 0.15) is 17.4 Å². The maximum absolute atomic E-state index is 14.3. The molecule has 252 valence electrons. The Hall–Kier alpha value is -5.08. The summed E-state index contributed by atoms with van der Waals surface area (Å²) in [6.45, 7) is 5.03. The van der Waals surface area contributed by atoms with Crippen molar-refractivity contribution in [2.45, 2.75) is 39.3 Å². The van der Waals surface area contributed by atoms with Gasteiger partial charge in [0.25, 0.3) is 0 Å². The van der Waals surface area contributed by atoms with Gasteiger partial charge in [-0.15, -0.1) is 0 Å². The van der Waals surface area contributed by atoms with Gasteiger partial charge in [-0.25, -0.2) is 27.0 Å². The number of aryl methyl sites for hydroxylation is 1. The molecule has 2 heterocycles. The number of ether oxygens (including phenoxy) is 1. The summed E-state index contributed by atoms with van der Waals surface area (Å²) in [4.78, 5) is 33.3. The van der Waals surface area contributed by atoms with Crippen LogP contribution in [0.5, 0.6) is 11.6 Å². The summed E-state index contributed by atoms with van der Waals surface area (Å²) >= 11 is 0. The van der Waals surface area contributed by atoms with Crippen LogP contribution >= 0.6 is 0 Å². The SMILES string of the molecule is CC(=O)Nc1cc(NC(=O)N(c2cccc(F)c2)C2CCN(Cc3ccc(Oc4ccc(NS(C)(=O)=O)cc4C)nc3)CC2)ccc1F. The van der Waals surface area contributed by atoms with E-state index in [9.17, 15) is 26.8 Å². The minimum Gasteiger partial charge on any atom is -0.439 e. The highest BCUT2D eigenvalue weighted by atomic mass is 32.2. The number of rotatable bonds is 10. The molecule has 1 aliphatic heterocycles. The van der Waals surface area contributed by atoms with Crippen LogP contribution in [0, 0.1) is 18.6 Å². The quantitative estimate of drug-likeness (QED) is 0.175. The molecule has 11 nitrogen and oxygen atoms in total. The topological polar surface area (TPSA) is 133 Å². The first kappa shape index (κ1) is 34.3. The second-order valence-electron chi connectivity index (χ2n) is 11.6. The van der Waals surface area contributed by atoms with Crippen molar-refractivity contribution in [2.75, 3.05) is 39.6 Å². The Balaban J connectivity index is 1.21. The molecule has 3 aromatic carbocycles. The second-order valence-corrected chi connectivity index (χ2v) is 13.4. The summed E-state index contributed by atoms with van der Waals surface area (Å²) in [5.41, 5.74) is 2.76. The first-order valence-electron chi connectivity index (χ1n) is 15.2. The number of benzene rings is 3. The van der Waals surface area contributed by atoms with Crippen LogP contribution in [0.3, 0.4) is 0 Å². The second kappa shape index (κ2) is 14.8. The van der Waals surface area contributed by atoms with E-state index in [0.29, 0.717) is 55.5 Å². The van der Waals surface area contributed by atoms with Gasteiger partial charge in [-0.2, -0.15) is 0 Å². The Bertz CT molecular complexity index is 1900. The van der Waals surface area contributed by atoms with E-state index in [1.54, 1.807) is 42.6 Å². The predicted molar refractivity (Wildman–Crippen MR) is 181 cm³/mol. The van der Waals surface area contributed by atoms with Gasteiger partial charge < -0.3 is 15.4 Å². The lowest BCUT2D eigenvalue weighted by Gasteiger charge is -2.38. The molecule has 0 spiro atoms. The molecule has 0 atom stereocenters. The van der Waals surface area contributed by atoms with Crippen molar-refractivity contribution in [1.29, 1.82) is 0 Å². The summed E-state index contributed by atoms with van der Waals surface area (Å²) in [7, 11) is -3.39. The van der Waals surface area contributed by atoms with E-state index in [4.69, 9.17) is 4.74 Å². The average molecular weight is 679 g/mol. The van der Waals surface area contributed by atoms with Crippen LogP contribution in [-0.2, 0) is 21.4 Å². The molecule has 1 fully saturated rings. The highest BCUT2D eigenvalue weighted by Gasteiger charge is 2.30. The molecule has 0 radical (unpaired) electrons. The van der Waals surface area contributed by atoms with E-state index in [0.717, 1.165) is 23.4 Å². The fourth-order valence-corrected chi connectivity index (χ4v) is 6.06. The van der Waals surface area contributed by atoms with Crippen molar-refractivity contribution in [3.05, 3.63) is 102 Å². The van der Waals surface area contributed by atoms with E-state index < -0.39 is 33.6 Å². The first-order valence-corrected chi connectivity index (χ1v) is 17.1. The summed E-state index contributed by atoms with van der Waals surface area (Å²) < 4.78 is 59.8. The summed E-state index contributed by atoms with van der Waals surface area (Å²) in [5, 5.41) is 5.18. The van der Waals surface area contributed by atoms with Crippen molar-refractivity contribution < 1.29 is 31.5 Å². The minimum absolute atomic E-state index is 0.0618. The van der Waals surface area contributed by atoms with E-state index in [1.165, 1.54) is 36.1 Å². The number of nitrogens with one attached hydrogen (secondary N) is 3. The first-order chi connectivity index (χ1) is 22.8.